The number of amides is 1. The Kier molecular flexibility index (Phi) is 3.98. The van der Waals surface area contributed by atoms with E-state index in [9.17, 15) is 9.59 Å². The molecule has 0 aromatic rings. The van der Waals surface area contributed by atoms with Crippen LogP contribution in [-0.4, -0.2) is 41.8 Å². The number of rotatable bonds is 3. The van der Waals surface area contributed by atoms with Crippen LogP contribution in [0.15, 0.2) is 0 Å². The van der Waals surface area contributed by atoms with Gasteiger partial charge >= 0.3 is 12.1 Å². The van der Waals surface area contributed by atoms with E-state index in [2.05, 4.69) is 0 Å². The molecular formula is C15H25NO4. The molecule has 1 aliphatic carbocycles. The Balaban J connectivity index is 1.99. The van der Waals surface area contributed by atoms with Gasteiger partial charge in [0.15, 0.2) is 0 Å². The molecule has 2 aliphatic rings. The first-order valence-electron chi connectivity index (χ1n) is 7.43. The fraction of sp³-hybridized carbons (Fsp3) is 0.867. The molecule has 0 aromatic heterocycles. The number of hydrogen-bond acceptors (Lipinski definition) is 4. The van der Waals surface area contributed by atoms with Crippen molar-refractivity contribution in [1.29, 1.82) is 0 Å². The van der Waals surface area contributed by atoms with Gasteiger partial charge in [-0.25, -0.2) is 4.79 Å². The van der Waals surface area contributed by atoms with Crippen LogP contribution in [0.2, 0.25) is 0 Å². The fourth-order valence-electron chi connectivity index (χ4n) is 3.11. The topological polar surface area (TPSA) is 55.8 Å². The third-order valence-corrected chi connectivity index (χ3v) is 4.21. The van der Waals surface area contributed by atoms with Crippen molar-refractivity contribution in [2.75, 3.05) is 13.2 Å². The zero-order valence-electron chi connectivity index (χ0n) is 12.9. The average Bonchev–Trinajstić information content (AvgIpc) is 2.20. The van der Waals surface area contributed by atoms with Crippen LogP contribution in [0.5, 0.6) is 0 Å². The summed E-state index contributed by atoms with van der Waals surface area (Å²) in [6, 6.07) is -0.0508. The molecule has 1 atom stereocenters. The Morgan fingerprint density at radius 2 is 1.95 bits per heavy atom. The van der Waals surface area contributed by atoms with E-state index >= 15 is 0 Å². The third kappa shape index (κ3) is 2.91. The van der Waals surface area contributed by atoms with Crippen LogP contribution < -0.4 is 0 Å². The van der Waals surface area contributed by atoms with E-state index in [1.54, 1.807) is 11.8 Å². The number of likely N-dealkylation sites (tertiary alicyclic amines) is 1. The molecule has 1 heterocycles. The molecular weight excluding hydrogens is 258 g/mol. The summed E-state index contributed by atoms with van der Waals surface area (Å²) in [6.07, 6.45) is 3.34. The van der Waals surface area contributed by atoms with Crippen LogP contribution >= 0.6 is 0 Å². The Bertz CT molecular complexity index is 395. The minimum absolute atomic E-state index is 0.0508. The van der Waals surface area contributed by atoms with Crippen molar-refractivity contribution >= 4 is 12.1 Å². The summed E-state index contributed by atoms with van der Waals surface area (Å²) in [7, 11) is 0. The highest BCUT2D eigenvalue weighted by Gasteiger charge is 2.58. The molecule has 1 aliphatic heterocycles. The van der Waals surface area contributed by atoms with E-state index in [1.807, 2.05) is 20.8 Å². The van der Waals surface area contributed by atoms with Crippen LogP contribution in [0.4, 0.5) is 4.79 Å². The number of carbonyl (C=O) groups excluding carboxylic acids is 2. The summed E-state index contributed by atoms with van der Waals surface area (Å²) >= 11 is 0. The summed E-state index contributed by atoms with van der Waals surface area (Å²) < 4.78 is 10.4. The molecule has 5 heteroatoms. The second-order valence-corrected chi connectivity index (χ2v) is 6.85. The molecule has 2 fully saturated rings. The Labute approximate surface area is 120 Å². The summed E-state index contributed by atoms with van der Waals surface area (Å²) in [6.45, 7) is 8.44. The first kappa shape index (κ1) is 15.1. The maximum atomic E-state index is 12.2. The lowest BCUT2D eigenvalue weighted by Crippen LogP contribution is -2.69. The van der Waals surface area contributed by atoms with Gasteiger partial charge in [-0.15, -0.1) is 0 Å². The van der Waals surface area contributed by atoms with E-state index in [0.29, 0.717) is 13.2 Å². The van der Waals surface area contributed by atoms with Crippen LogP contribution in [0, 0.1) is 5.41 Å². The molecule has 0 aromatic carbocycles. The molecule has 0 bridgehead atoms. The van der Waals surface area contributed by atoms with Crippen LogP contribution in [0.25, 0.3) is 0 Å². The second kappa shape index (κ2) is 5.26. The molecule has 0 radical (unpaired) electrons. The molecule has 1 amide bonds. The van der Waals surface area contributed by atoms with Crippen molar-refractivity contribution in [1.82, 2.24) is 4.90 Å². The monoisotopic (exact) mass is 283 g/mol. The van der Waals surface area contributed by atoms with E-state index in [1.165, 1.54) is 6.42 Å². The lowest BCUT2D eigenvalue weighted by Gasteiger charge is -2.61. The van der Waals surface area contributed by atoms with Gasteiger partial charge in [0, 0.05) is 12.0 Å². The van der Waals surface area contributed by atoms with Crippen molar-refractivity contribution in [3.8, 4) is 0 Å². The van der Waals surface area contributed by atoms with Crippen molar-refractivity contribution in [2.24, 2.45) is 5.41 Å². The average molecular weight is 283 g/mol. The van der Waals surface area contributed by atoms with Gasteiger partial charge in [-0.1, -0.05) is 6.42 Å². The van der Waals surface area contributed by atoms with Gasteiger partial charge in [0.25, 0.3) is 0 Å². The lowest BCUT2D eigenvalue weighted by atomic mass is 9.57. The zero-order chi connectivity index (χ0) is 15.0. The minimum atomic E-state index is -0.506. The molecule has 1 saturated carbocycles. The third-order valence-electron chi connectivity index (χ3n) is 4.21. The summed E-state index contributed by atoms with van der Waals surface area (Å²) in [5.41, 5.74) is -0.363. The Morgan fingerprint density at radius 1 is 1.30 bits per heavy atom. The number of nitrogens with zero attached hydrogens (tertiary/aromatic N) is 1. The number of ether oxygens (including phenoxy) is 2. The Hall–Kier alpha value is -1.26. The Morgan fingerprint density at radius 3 is 2.40 bits per heavy atom. The molecule has 1 spiro atoms. The highest BCUT2D eigenvalue weighted by molar-refractivity contribution is 5.75. The minimum Gasteiger partial charge on any atom is -0.466 e. The first-order valence-corrected chi connectivity index (χ1v) is 7.43. The predicted molar refractivity (Wildman–Crippen MR) is 74.3 cm³/mol. The van der Waals surface area contributed by atoms with Gasteiger partial charge in [0.05, 0.1) is 19.1 Å². The highest BCUT2D eigenvalue weighted by atomic mass is 16.6. The number of esters is 1. The van der Waals surface area contributed by atoms with E-state index in [0.717, 1.165) is 12.8 Å². The van der Waals surface area contributed by atoms with Gasteiger partial charge in [-0.2, -0.15) is 0 Å². The molecule has 20 heavy (non-hydrogen) atoms. The summed E-state index contributed by atoms with van der Waals surface area (Å²) in [5, 5.41) is 0. The molecule has 2 rings (SSSR count). The van der Waals surface area contributed by atoms with Gasteiger partial charge in [0.2, 0.25) is 0 Å². The van der Waals surface area contributed by atoms with Crippen molar-refractivity contribution in [3.05, 3.63) is 0 Å². The molecule has 1 saturated heterocycles. The van der Waals surface area contributed by atoms with Crippen LogP contribution in [-0.2, 0) is 14.3 Å². The van der Waals surface area contributed by atoms with Crippen molar-refractivity contribution < 1.29 is 19.1 Å². The fourth-order valence-corrected chi connectivity index (χ4v) is 3.11. The van der Waals surface area contributed by atoms with Crippen LogP contribution in [0.1, 0.15) is 53.4 Å². The molecule has 5 nitrogen and oxygen atoms in total. The molecule has 114 valence electrons. The zero-order valence-corrected chi connectivity index (χ0v) is 12.9. The van der Waals surface area contributed by atoms with E-state index in [-0.39, 0.29) is 29.9 Å². The maximum absolute atomic E-state index is 12.2. The van der Waals surface area contributed by atoms with Gasteiger partial charge in [-0.3, -0.25) is 4.79 Å². The predicted octanol–water partition coefficient (Wildman–Crippen LogP) is 2.73. The van der Waals surface area contributed by atoms with Gasteiger partial charge in [0.1, 0.15) is 5.60 Å². The molecule has 1 unspecified atom stereocenters. The largest absolute Gasteiger partial charge is 0.466 e. The van der Waals surface area contributed by atoms with Crippen molar-refractivity contribution in [2.45, 2.75) is 65.0 Å². The standard InChI is InChI=1S/C15H25NO4/c1-5-19-12(17)9-11-15(7-6-8-15)10-16(11)13(18)20-14(2,3)4/h11H,5-10H2,1-4H3. The highest BCUT2D eigenvalue weighted by Crippen LogP contribution is 2.54. The van der Waals surface area contributed by atoms with Gasteiger partial charge in [-0.05, 0) is 40.5 Å². The lowest BCUT2D eigenvalue weighted by molar-refractivity contribution is -0.158. The first-order chi connectivity index (χ1) is 9.27. The quantitative estimate of drug-likeness (QED) is 0.747. The van der Waals surface area contributed by atoms with Gasteiger partial charge < -0.3 is 14.4 Å². The van der Waals surface area contributed by atoms with E-state index in [4.69, 9.17) is 9.47 Å². The van der Waals surface area contributed by atoms with E-state index < -0.39 is 5.60 Å². The van der Waals surface area contributed by atoms with Crippen LogP contribution in [0.3, 0.4) is 0 Å². The summed E-state index contributed by atoms with van der Waals surface area (Å²) in [5.74, 6) is -0.225. The van der Waals surface area contributed by atoms with Crippen molar-refractivity contribution in [3.63, 3.8) is 0 Å². The SMILES string of the molecule is CCOC(=O)CC1N(C(=O)OC(C)(C)C)CC12CCC2. The second-order valence-electron chi connectivity index (χ2n) is 6.85. The molecule has 0 N–H and O–H groups in total. The maximum Gasteiger partial charge on any atom is 0.410 e. The smallest absolute Gasteiger partial charge is 0.410 e. The summed E-state index contributed by atoms with van der Waals surface area (Å²) in [4.78, 5) is 25.6. The number of carbonyl (C=O) groups is 2. The normalized spacial score (nSPS) is 23.8. The number of hydrogen-bond donors (Lipinski definition) is 0.